The molecular formula is C12H15NO3. The van der Waals surface area contributed by atoms with Crippen LogP contribution in [0, 0.1) is 0 Å². The van der Waals surface area contributed by atoms with E-state index in [1.54, 1.807) is 7.11 Å². The van der Waals surface area contributed by atoms with Crippen molar-refractivity contribution >= 4 is 5.71 Å². The van der Waals surface area contributed by atoms with Gasteiger partial charge in [-0.05, 0) is 5.56 Å². The molecule has 0 radical (unpaired) electrons. The Balaban J connectivity index is 2.02. The third-order valence-corrected chi connectivity index (χ3v) is 2.57. The van der Waals surface area contributed by atoms with Gasteiger partial charge in [-0.1, -0.05) is 35.5 Å². The molecule has 0 aromatic heterocycles. The van der Waals surface area contributed by atoms with Crippen molar-refractivity contribution in [2.45, 2.75) is 18.6 Å². The van der Waals surface area contributed by atoms with Gasteiger partial charge in [-0.3, -0.25) is 0 Å². The maximum atomic E-state index is 10.0. The molecule has 86 valence electrons. The van der Waals surface area contributed by atoms with Crippen LogP contribution in [0.1, 0.15) is 18.4 Å². The summed E-state index contributed by atoms with van der Waals surface area (Å²) in [4.78, 5) is 5.07. The number of nitrogens with zero attached hydrogens (tertiary/aromatic N) is 1. The van der Waals surface area contributed by atoms with Gasteiger partial charge in [0.25, 0.3) is 0 Å². The molecule has 1 heterocycles. The lowest BCUT2D eigenvalue weighted by Gasteiger charge is -2.18. The normalized spacial score (nSPS) is 24.0. The molecule has 4 nitrogen and oxygen atoms in total. The van der Waals surface area contributed by atoms with Crippen LogP contribution >= 0.6 is 0 Å². The Kier molecular flexibility index (Phi) is 3.22. The molecule has 1 atom stereocenters. The minimum atomic E-state index is -1.21. The predicted octanol–water partition coefficient (Wildman–Crippen LogP) is 1.54. The number of rotatable bonds is 4. The monoisotopic (exact) mass is 221 g/mol. The molecule has 0 aliphatic carbocycles. The topological polar surface area (TPSA) is 51.0 Å². The van der Waals surface area contributed by atoms with Gasteiger partial charge < -0.3 is 14.7 Å². The Hall–Kier alpha value is -1.39. The van der Waals surface area contributed by atoms with Gasteiger partial charge in [-0.25, -0.2) is 0 Å². The second kappa shape index (κ2) is 4.63. The van der Waals surface area contributed by atoms with Crippen molar-refractivity contribution in [1.82, 2.24) is 0 Å². The molecule has 0 fully saturated rings. The van der Waals surface area contributed by atoms with E-state index in [2.05, 4.69) is 5.16 Å². The second-order valence-corrected chi connectivity index (χ2v) is 3.86. The van der Waals surface area contributed by atoms with Crippen LogP contribution < -0.4 is 0 Å². The molecule has 0 amide bonds. The largest absolute Gasteiger partial charge is 0.384 e. The van der Waals surface area contributed by atoms with Crippen molar-refractivity contribution in [3.8, 4) is 0 Å². The third-order valence-electron chi connectivity index (χ3n) is 2.57. The number of oxime groups is 1. The summed E-state index contributed by atoms with van der Waals surface area (Å²) in [6.07, 6.45) is 0.823. The highest BCUT2D eigenvalue weighted by Gasteiger charge is 2.36. The molecule has 0 saturated carbocycles. The zero-order valence-electron chi connectivity index (χ0n) is 9.22. The third kappa shape index (κ3) is 2.40. The summed E-state index contributed by atoms with van der Waals surface area (Å²) in [5.41, 5.74) is 1.76. The van der Waals surface area contributed by atoms with E-state index in [0.29, 0.717) is 19.4 Å². The Labute approximate surface area is 94.5 Å². The average molecular weight is 221 g/mol. The fraction of sp³-hybridized carbons (Fsp3) is 0.417. The second-order valence-electron chi connectivity index (χ2n) is 3.86. The number of hydrogen-bond donors (Lipinski definition) is 1. The molecule has 1 aromatic carbocycles. The van der Waals surface area contributed by atoms with E-state index < -0.39 is 5.79 Å². The highest BCUT2D eigenvalue weighted by atomic mass is 16.7. The number of benzene rings is 1. The molecule has 1 aliphatic heterocycles. The van der Waals surface area contributed by atoms with Crippen molar-refractivity contribution < 1.29 is 14.7 Å². The molecule has 1 unspecified atom stereocenters. The Morgan fingerprint density at radius 2 is 2.19 bits per heavy atom. The van der Waals surface area contributed by atoms with Crippen molar-refractivity contribution in [2.75, 3.05) is 13.7 Å². The van der Waals surface area contributed by atoms with E-state index in [1.807, 2.05) is 30.3 Å². The standard InChI is InChI=1S/C12H15NO3/c1-15-8-7-12(14)9-11(13-16-12)10-5-3-2-4-6-10/h2-6,14H,7-9H2,1H3. The summed E-state index contributed by atoms with van der Waals surface area (Å²) < 4.78 is 4.92. The first-order chi connectivity index (χ1) is 7.73. The van der Waals surface area contributed by atoms with Crippen LogP contribution in [0.15, 0.2) is 35.5 Å². The number of aliphatic hydroxyl groups is 1. The highest BCUT2D eigenvalue weighted by molar-refractivity contribution is 6.01. The van der Waals surface area contributed by atoms with E-state index in [9.17, 15) is 5.11 Å². The van der Waals surface area contributed by atoms with Crippen molar-refractivity contribution in [3.63, 3.8) is 0 Å². The Bertz CT molecular complexity index is 377. The van der Waals surface area contributed by atoms with Gasteiger partial charge in [0, 0.05) is 13.5 Å². The van der Waals surface area contributed by atoms with Crippen LogP contribution in [0.5, 0.6) is 0 Å². The van der Waals surface area contributed by atoms with Crippen molar-refractivity contribution in [2.24, 2.45) is 5.16 Å². The van der Waals surface area contributed by atoms with E-state index in [4.69, 9.17) is 9.57 Å². The van der Waals surface area contributed by atoms with Crippen LogP contribution in [0.3, 0.4) is 0 Å². The molecule has 2 rings (SSSR count). The van der Waals surface area contributed by atoms with Crippen LogP contribution in [0.4, 0.5) is 0 Å². The SMILES string of the molecule is COCCC1(O)CC(c2ccccc2)=NO1. The fourth-order valence-electron chi connectivity index (χ4n) is 1.65. The average Bonchev–Trinajstić information content (AvgIpc) is 2.71. The van der Waals surface area contributed by atoms with Gasteiger partial charge in [0.1, 0.15) is 0 Å². The summed E-state index contributed by atoms with van der Waals surface area (Å²) in [7, 11) is 1.59. The summed E-state index contributed by atoms with van der Waals surface area (Å²) in [5.74, 6) is -1.21. The Morgan fingerprint density at radius 3 is 2.88 bits per heavy atom. The first-order valence-corrected chi connectivity index (χ1v) is 5.25. The summed E-state index contributed by atoms with van der Waals surface area (Å²) in [6, 6.07) is 9.71. The van der Waals surface area contributed by atoms with Gasteiger partial charge in [-0.15, -0.1) is 0 Å². The van der Waals surface area contributed by atoms with Crippen LogP contribution in [-0.4, -0.2) is 30.3 Å². The minimum absolute atomic E-state index is 0.403. The van der Waals surface area contributed by atoms with Gasteiger partial charge in [0.15, 0.2) is 0 Å². The molecule has 1 aromatic rings. The van der Waals surface area contributed by atoms with E-state index in [1.165, 1.54) is 0 Å². The van der Waals surface area contributed by atoms with Gasteiger partial charge in [0.05, 0.1) is 18.7 Å². The molecule has 1 N–H and O–H groups in total. The van der Waals surface area contributed by atoms with Gasteiger partial charge in [-0.2, -0.15) is 0 Å². The van der Waals surface area contributed by atoms with E-state index in [0.717, 1.165) is 11.3 Å². The maximum absolute atomic E-state index is 10.0. The zero-order chi connectivity index (χ0) is 11.4. The Morgan fingerprint density at radius 1 is 1.44 bits per heavy atom. The lowest BCUT2D eigenvalue weighted by Crippen LogP contribution is -2.30. The zero-order valence-corrected chi connectivity index (χ0v) is 9.22. The van der Waals surface area contributed by atoms with Crippen LogP contribution in [0.2, 0.25) is 0 Å². The summed E-state index contributed by atoms with van der Waals surface area (Å²) in [5, 5.41) is 14.0. The van der Waals surface area contributed by atoms with E-state index in [-0.39, 0.29) is 0 Å². The first kappa shape index (κ1) is 11.1. The van der Waals surface area contributed by atoms with Crippen LogP contribution in [-0.2, 0) is 9.57 Å². The van der Waals surface area contributed by atoms with Gasteiger partial charge in [0.2, 0.25) is 5.79 Å². The first-order valence-electron chi connectivity index (χ1n) is 5.25. The van der Waals surface area contributed by atoms with Crippen molar-refractivity contribution in [1.29, 1.82) is 0 Å². The summed E-state index contributed by atoms with van der Waals surface area (Å²) in [6.45, 7) is 0.452. The smallest absolute Gasteiger partial charge is 0.242 e. The van der Waals surface area contributed by atoms with Crippen LogP contribution in [0.25, 0.3) is 0 Å². The highest BCUT2D eigenvalue weighted by Crippen LogP contribution is 2.27. The number of methoxy groups -OCH3 is 1. The lowest BCUT2D eigenvalue weighted by atomic mass is 10.0. The van der Waals surface area contributed by atoms with E-state index >= 15 is 0 Å². The minimum Gasteiger partial charge on any atom is -0.384 e. The quantitative estimate of drug-likeness (QED) is 0.839. The van der Waals surface area contributed by atoms with Crippen molar-refractivity contribution in [3.05, 3.63) is 35.9 Å². The molecule has 1 aliphatic rings. The molecular weight excluding hydrogens is 206 g/mol. The molecule has 0 saturated heterocycles. The van der Waals surface area contributed by atoms with Gasteiger partial charge >= 0.3 is 0 Å². The molecule has 16 heavy (non-hydrogen) atoms. The molecule has 0 spiro atoms. The lowest BCUT2D eigenvalue weighted by molar-refractivity contribution is -0.194. The fourth-order valence-corrected chi connectivity index (χ4v) is 1.65. The maximum Gasteiger partial charge on any atom is 0.242 e. The number of ether oxygens (including phenoxy) is 1. The number of hydrogen-bond acceptors (Lipinski definition) is 4. The summed E-state index contributed by atoms with van der Waals surface area (Å²) >= 11 is 0. The molecule has 0 bridgehead atoms. The molecule has 4 heteroatoms. The predicted molar refractivity (Wildman–Crippen MR) is 60.1 cm³/mol.